The fraction of sp³-hybridized carbons (Fsp3) is 0.400. The van der Waals surface area contributed by atoms with E-state index in [1.54, 1.807) is 7.11 Å². The van der Waals surface area contributed by atoms with Gasteiger partial charge in [-0.3, -0.25) is 4.79 Å². The van der Waals surface area contributed by atoms with Gasteiger partial charge in [0, 0.05) is 32.2 Å². The Morgan fingerprint density at radius 3 is 2.68 bits per heavy atom. The number of nitrogens with zero attached hydrogens (tertiary/aromatic N) is 4. The van der Waals surface area contributed by atoms with Crippen LogP contribution in [0.5, 0.6) is 5.88 Å². The van der Waals surface area contributed by atoms with Crippen molar-refractivity contribution in [1.29, 1.82) is 0 Å². The van der Waals surface area contributed by atoms with E-state index in [4.69, 9.17) is 4.74 Å². The third-order valence-corrected chi connectivity index (χ3v) is 4.49. The second-order valence-corrected chi connectivity index (χ2v) is 6.02. The number of aromatic nitrogens is 2. The lowest BCUT2D eigenvalue weighted by atomic mass is 10.3. The molecule has 116 valence electrons. The van der Waals surface area contributed by atoms with Crippen molar-refractivity contribution in [2.24, 2.45) is 0 Å². The maximum Gasteiger partial charge on any atom is 0.264 e. The molecule has 0 aromatic carbocycles. The first-order chi connectivity index (χ1) is 10.7. The predicted octanol–water partition coefficient (Wildman–Crippen LogP) is 1.82. The minimum atomic E-state index is 0.117. The van der Waals surface area contributed by atoms with Crippen LogP contribution in [0.2, 0.25) is 0 Å². The lowest BCUT2D eigenvalue weighted by molar-refractivity contribution is 0.0751. The smallest absolute Gasteiger partial charge is 0.264 e. The topological polar surface area (TPSA) is 58.6 Å². The first-order valence-electron chi connectivity index (χ1n) is 7.15. The number of aryl methyl sites for hydroxylation is 1. The van der Waals surface area contributed by atoms with E-state index in [1.807, 2.05) is 35.4 Å². The van der Waals surface area contributed by atoms with E-state index in [2.05, 4.69) is 14.9 Å². The molecule has 3 rings (SSSR count). The van der Waals surface area contributed by atoms with Crippen molar-refractivity contribution in [3.63, 3.8) is 0 Å². The van der Waals surface area contributed by atoms with Crippen molar-refractivity contribution in [1.82, 2.24) is 14.9 Å². The molecule has 0 aliphatic carbocycles. The van der Waals surface area contributed by atoms with Crippen molar-refractivity contribution < 1.29 is 9.53 Å². The fourth-order valence-electron chi connectivity index (χ4n) is 2.49. The van der Waals surface area contributed by atoms with Crippen LogP contribution in [0.4, 0.5) is 5.82 Å². The van der Waals surface area contributed by atoms with E-state index in [1.165, 1.54) is 11.3 Å². The summed E-state index contributed by atoms with van der Waals surface area (Å²) in [7, 11) is 1.60. The number of carbonyl (C=O) groups excluding carboxylic acids is 1. The van der Waals surface area contributed by atoms with Crippen LogP contribution in [0.3, 0.4) is 0 Å². The van der Waals surface area contributed by atoms with Gasteiger partial charge in [0.2, 0.25) is 5.88 Å². The van der Waals surface area contributed by atoms with Crippen LogP contribution in [0, 0.1) is 6.92 Å². The van der Waals surface area contributed by atoms with Crippen molar-refractivity contribution in [2.75, 3.05) is 38.2 Å². The third kappa shape index (κ3) is 3.04. The van der Waals surface area contributed by atoms with Gasteiger partial charge in [-0.1, -0.05) is 6.07 Å². The molecule has 0 atom stereocenters. The normalized spacial score (nSPS) is 15.0. The summed E-state index contributed by atoms with van der Waals surface area (Å²) in [6.07, 6.45) is 0. The number of hydrogen-bond donors (Lipinski definition) is 0. The Kier molecular flexibility index (Phi) is 4.24. The van der Waals surface area contributed by atoms with Gasteiger partial charge in [0.15, 0.2) is 0 Å². The van der Waals surface area contributed by atoms with Gasteiger partial charge >= 0.3 is 0 Å². The average molecular weight is 318 g/mol. The van der Waals surface area contributed by atoms with Gasteiger partial charge in [0.1, 0.15) is 11.6 Å². The molecule has 0 bridgehead atoms. The summed E-state index contributed by atoms with van der Waals surface area (Å²) in [4.78, 5) is 25.8. The Bertz CT molecular complexity index is 652. The van der Waals surface area contributed by atoms with E-state index in [0.29, 0.717) is 24.8 Å². The highest BCUT2D eigenvalue weighted by atomic mass is 32.1. The number of ether oxygens (including phenoxy) is 1. The van der Waals surface area contributed by atoms with Gasteiger partial charge in [-0.2, -0.15) is 4.98 Å². The molecule has 2 aromatic heterocycles. The molecule has 3 heterocycles. The van der Waals surface area contributed by atoms with Gasteiger partial charge < -0.3 is 14.5 Å². The quantitative estimate of drug-likeness (QED) is 0.864. The van der Waals surface area contributed by atoms with Crippen molar-refractivity contribution in [3.05, 3.63) is 34.3 Å². The standard InChI is InChI=1S/C15H18N4O2S/c1-11-16-13(10-14(17-11)21-2)18-5-7-19(8-6-18)15(20)12-4-3-9-22-12/h3-4,9-10H,5-8H2,1-2H3. The zero-order valence-electron chi connectivity index (χ0n) is 12.7. The highest BCUT2D eigenvalue weighted by Gasteiger charge is 2.23. The Morgan fingerprint density at radius 1 is 1.27 bits per heavy atom. The van der Waals surface area contributed by atoms with Crippen LogP contribution in [-0.4, -0.2) is 54.1 Å². The maximum atomic E-state index is 12.3. The van der Waals surface area contributed by atoms with Gasteiger partial charge in [-0.05, 0) is 18.4 Å². The Labute approximate surface area is 133 Å². The average Bonchev–Trinajstić information content (AvgIpc) is 3.08. The number of piperazine rings is 1. The molecule has 1 amide bonds. The molecule has 0 radical (unpaired) electrons. The molecule has 0 N–H and O–H groups in total. The van der Waals surface area contributed by atoms with E-state index in [-0.39, 0.29) is 5.91 Å². The minimum Gasteiger partial charge on any atom is -0.481 e. The maximum absolute atomic E-state index is 12.3. The van der Waals surface area contributed by atoms with E-state index >= 15 is 0 Å². The lowest BCUT2D eigenvalue weighted by Gasteiger charge is -2.35. The summed E-state index contributed by atoms with van der Waals surface area (Å²) >= 11 is 1.49. The van der Waals surface area contributed by atoms with Crippen molar-refractivity contribution >= 4 is 23.1 Å². The zero-order chi connectivity index (χ0) is 15.5. The molecule has 22 heavy (non-hydrogen) atoms. The second-order valence-electron chi connectivity index (χ2n) is 5.07. The summed E-state index contributed by atoms with van der Waals surface area (Å²) in [6.45, 7) is 4.76. The second kappa shape index (κ2) is 6.31. The van der Waals surface area contributed by atoms with Crippen LogP contribution >= 0.6 is 11.3 Å². The van der Waals surface area contributed by atoms with Crippen LogP contribution in [0.1, 0.15) is 15.5 Å². The number of anilines is 1. The molecule has 7 heteroatoms. The highest BCUT2D eigenvalue weighted by molar-refractivity contribution is 7.12. The number of hydrogen-bond acceptors (Lipinski definition) is 6. The summed E-state index contributed by atoms with van der Waals surface area (Å²) in [6, 6.07) is 5.62. The summed E-state index contributed by atoms with van der Waals surface area (Å²) < 4.78 is 5.19. The molecule has 1 aliphatic rings. The van der Waals surface area contributed by atoms with Crippen LogP contribution in [0.25, 0.3) is 0 Å². The van der Waals surface area contributed by atoms with Crippen LogP contribution in [-0.2, 0) is 0 Å². The molecule has 1 fully saturated rings. The fourth-order valence-corrected chi connectivity index (χ4v) is 3.18. The first kappa shape index (κ1) is 14.8. The first-order valence-corrected chi connectivity index (χ1v) is 8.03. The van der Waals surface area contributed by atoms with Crippen LogP contribution in [0.15, 0.2) is 23.6 Å². The van der Waals surface area contributed by atoms with Crippen LogP contribution < -0.4 is 9.64 Å². The predicted molar refractivity (Wildman–Crippen MR) is 85.8 cm³/mol. The number of amides is 1. The monoisotopic (exact) mass is 318 g/mol. The molecule has 0 unspecified atom stereocenters. The largest absolute Gasteiger partial charge is 0.481 e. The highest BCUT2D eigenvalue weighted by Crippen LogP contribution is 2.20. The van der Waals surface area contributed by atoms with Gasteiger partial charge in [0.25, 0.3) is 5.91 Å². The van der Waals surface area contributed by atoms with Gasteiger partial charge in [-0.25, -0.2) is 4.98 Å². The van der Waals surface area contributed by atoms with Crippen molar-refractivity contribution in [2.45, 2.75) is 6.92 Å². The molecule has 2 aromatic rings. The molecular formula is C15H18N4O2S. The minimum absolute atomic E-state index is 0.117. The lowest BCUT2D eigenvalue weighted by Crippen LogP contribution is -2.49. The molecular weight excluding hydrogens is 300 g/mol. The molecule has 0 spiro atoms. The van der Waals surface area contributed by atoms with Gasteiger partial charge in [0.05, 0.1) is 12.0 Å². The summed E-state index contributed by atoms with van der Waals surface area (Å²) in [5.41, 5.74) is 0. The summed E-state index contributed by atoms with van der Waals surface area (Å²) in [5.74, 6) is 2.23. The molecule has 0 saturated carbocycles. The Morgan fingerprint density at radius 2 is 2.05 bits per heavy atom. The summed E-state index contributed by atoms with van der Waals surface area (Å²) in [5, 5.41) is 1.93. The van der Waals surface area contributed by atoms with E-state index < -0.39 is 0 Å². The van der Waals surface area contributed by atoms with Gasteiger partial charge in [-0.15, -0.1) is 11.3 Å². The zero-order valence-corrected chi connectivity index (χ0v) is 13.5. The Hall–Kier alpha value is -2.15. The molecule has 1 aliphatic heterocycles. The SMILES string of the molecule is COc1cc(N2CCN(C(=O)c3cccs3)CC2)nc(C)n1. The number of rotatable bonds is 3. The Balaban J connectivity index is 1.67. The molecule has 6 nitrogen and oxygen atoms in total. The van der Waals surface area contributed by atoms with Crippen molar-refractivity contribution in [3.8, 4) is 5.88 Å². The van der Waals surface area contributed by atoms with E-state index in [0.717, 1.165) is 23.8 Å². The van der Waals surface area contributed by atoms with E-state index in [9.17, 15) is 4.79 Å². The third-order valence-electron chi connectivity index (χ3n) is 3.63. The molecule has 1 saturated heterocycles. The number of carbonyl (C=O) groups is 1. The number of thiophene rings is 1. The number of methoxy groups -OCH3 is 1.